The molecule has 2 fully saturated rings. The first-order valence-electron chi connectivity index (χ1n) is 14.3. The van der Waals surface area contributed by atoms with Crippen LogP contribution in [-0.4, -0.2) is 74.9 Å². The number of para-hydroxylation sites is 2. The van der Waals surface area contributed by atoms with E-state index < -0.39 is 0 Å². The second-order valence-electron chi connectivity index (χ2n) is 10.8. The van der Waals surface area contributed by atoms with Gasteiger partial charge in [0.1, 0.15) is 11.6 Å². The Hall–Kier alpha value is -3.33. The van der Waals surface area contributed by atoms with Crippen LogP contribution in [0.25, 0.3) is 5.69 Å². The first kappa shape index (κ1) is 28.2. The maximum atomic E-state index is 13.3. The summed E-state index contributed by atoms with van der Waals surface area (Å²) in [5.41, 5.74) is 1.97. The van der Waals surface area contributed by atoms with Crippen molar-refractivity contribution in [2.24, 2.45) is 5.92 Å². The molecule has 3 aromatic rings. The predicted octanol–water partition coefficient (Wildman–Crippen LogP) is 4.99. The van der Waals surface area contributed by atoms with Crippen molar-refractivity contribution < 1.29 is 14.3 Å². The summed E-state index contributed by atoms with van der Waals surface area (Å²) >= 11 is 1.39. The fraction of sp³-hybridized carbons (Fsp3) is 0.484. The fourth-order valence-corrected chi connectivity index (χ4v) is 6.75. The van der Waals surface area contributed by atoms with Crippen molar-refractivity contribution in [2.75, 3.05) is 32.5 Å². The zero-order chi connectivity index (χ0) is 27.9. The van der Waals surface area contributed by atoms with Crippen LogP contribution in [0.1, 0.15) is 56.8 Å². The third kappa shape index (κ3) is 6.69. The van der Waals surface area contributed by atoms with Crippen molar-refractivity contribution in [1.82, 2.24) is 24.6 Å². The number of rotatable bonds is 10. The number of amides is 2. The summed E-state index contributed by atoms with van der Waals surface area (Å²) in [4.78, 5) is 30.0. The van der Waals surface area contributed by atoms with E-state index in [1.165, 1.54) is 37.4 Å². The molecule has 1 saturated heterocycles. The molecule has 1 atom stereocenters. The molecule has 0 N–H and O–H groups in total. The van der Waals surface area contributed by atoms with Gasteiger partial charge in [-0.15, -0.1) is 10.2 Å². The number of thioether (sulfide) groups is 1. The van der Waals surface area contributed by atoms with Gasteiger partial charge in [0.05, 0.1) is 18.6 Å². The number of methoxy groups -OCH3 is 1. The molecule has 40 heavy (non-hydrogen) atoms. The summed E-state index contributed by atoms with van der Waals surface area (Å²) in [5.74, 6) is 2.74. The molecule has 5 rings (SSSR count). The van der Waals surface area contributed by atoms with Gasteiger partial charge in [-0.25, -0.2) is 0 Å². The lowest BCUT2D eigenvalue weighted by atomic mass is 10.0. The molecule has 2 heterocycles. The van der Waals surface area contributed by atoms with Gasteiger partial charge in [0.25, 0.3) is 0 Å². The van der Waals surface area contributed by atoms with E-state index in [0.717, 1.165) is 23.5 Å². The SMILES string of the molecule is COc1ccccc1-n1c(Cc2ccccc2)nnc1SCC(=O)N1CCN(C(=O)CCC2CCCC2)C(C)C1. The van der Waals surface area contributed by atoms with Gasteiger partial charge < -0.3 is 14.5 Å². The molecule has 1 aromatic heterocycles. The van der Waals surface area contributed by atoms with Crippen LogP contribution in [0.4, 0.5) is 0 Å². The van der Waals surface area contributed by atoms with E-state index in [4.69, 9.17) is 4.74 Å². The quantitative estimate of drug-likeness (QED) is 0.325. The van der Waals surface area contributed by atoms with Crippen LogP contribution in [0.5, 0.6) is 5.75 Å². The molecule has 2 aromatic carbocycles. The largest absolute Gasteiger partial charge is 0.495 e. The Kier molecular flexibility index (Phi) is 9.41. The van der Waals surface area contributed by atoms with Crippen LogP contribution in [-0.2, 0) is 16.0 Å². The van der Waals surface area contributed by atoms with Crippen molar-refractivity contribution in [2.45, 2.75) is 63.1 Å². The number of ether oxygens (including phenoxy) is 1. The van der Waals surface area contributed by atoms with Crippen LogP contribution in [0.15, 0.2) is 59.8 Å². The first-order valence-corrected chi connectivity index (χ1v) is 15.3. The Bertz CT molecular complexity index is 1290. The second-order valence-corrected chi connectivity index (χ2v) is 11.8. The third-order valence-electron chi connectivity index (χ3n) is 8.10. The van der Waals surface area contributed by atoms with Gasteiger partial charge >= 0.3 is 0 Å². The molecule has 2 aliphatic rings. The Morgan fingerprint density at radius 3 is 2.48 bits per heavy atom. The third-order valence-corrected chi connectivity index (χ3v) is 9.01. The van der Waals surface area contributed by atoms with E-state index in [2.05, 4.69) is 22.3 Å². The monoisotopic (exact) mass is 561 g/mol. The smallest absolute Gasteiger partial charge is 0.233 e. The number of hydrogen-bond donors (Lipinski definition) is 0. The Morgan fingerprint density at radius 1 is 0.975 bits per heavy atom. The van der Waals surface area contributed by atoms with Crippen LogP contribution in [0.3, 0.4) is 0 Å². The van der Waals surface area contributed by atoms with Gasteiger partial charge in [0, 0.05) is 38.5 Å². The number of carbonyl (C=O) groups excluding carboxylic acids is 2. The molecule has 1 unspecified atom stereocenters. The van der Waals surface area contributed by atoms with Crippen molar-refractivity contribution in [1.29, 1.82) is 0 Å². The van der Waals surface area contributed by atoms with Crippen LogP contribution in [0.2, 0.25) is 0 Å². The highest BCUT2D eigenvalue weighted by molar-refractivity contribution is 7.99. The second kappa shape index (κ2) is 13.4. The minimum absolute atomic E-state index is 0.0217. The zero-order valence-corrected chi connectivity index (χ0v) is 24.3. The molecular weight excluding hydrogens is 522 g/mol. The van der Waals surface area contributed by atoms with Gasteiger partial charge in [-0.1, -0.05) is 79.9 Å². The number of hydrogen-bond acceptors (Lipinski definition) is 6. The average molecular weight is 562 g/mol. The number of piperazine rings is 1. The summed E-state index contributed by atoms with van der Waals surface area (Å²) in [6.07, 6.45) is 7.37. The minimum Gasteiger partial charge on any atom is -0.495 e. The first-order chi connectivity index (χ1) is 19.5. The lowest BCUT2D eigenvalue weighted by Gasteiger charge is -2.40. The van der Waals surface area contributed by atoms with E-state index >= 15 is 0 Å². The number of nitrogens with zero attached hydrogens (tertiary/aromatic N) is 5. The summed E-state index contributed by atoms with van der Waals surface area (Å²) < 4.78 is 7.64. The van der Waals surface area contributed by atoms with E-state index in [1.807, 2.05) is 63.8 Å². The lowest BCUT2D eigenvalue weighted by molar-refractivity contribution is -0.141. The highest BCUT2D eigenvalue weighted by Gasteiger charge is 2.30. The molecule has 1 aliphatic carbocycles. The summed E-state index contributed by atoms with van der Waals surface area (Å²) in [6, 6.07) is 18.0. The summed E-state index contributed by atoms with van der Waals surface area (Å²) in [7, 11) is 1.65. The zero-order valence-electron chi connectivity index (χ0n) is 23.5. The molecule has 0 radical (unpaired) electrons. The maximum Gasteiger partial charge on any atom is 0.233 e. The molecular formula is C31H39N5O3S. The van der Waals surface area contributed by atoms with E-state index in [0.29, 0.717) is 49.3 Å². The molecule has 2 amide bonds. The van der Waals surface area contributed by atoms with Gasteiger partial charge in [0.15, 0.2) is 5.16 Å². The van der Waals surface area contributed by atoms with Gasteiger partial charge in [-0.3, -0.25) is 14.2 Å². The minimum atomic E-state index is 0.0217. The van der Waals surface area contributed by atoms with Crippen LogP contribution >= 0.6 is 11.8 Å². The Labute approximate surface area is 241 Å². The molecule has 0 spiro atoms. The van der Waals surface area contributed by atoms with E-state index in [-0.39, 0.29) is 23.6 Å². The fourth-order valence-electron chi connectivity index (χ4n) is 5.89. The van der Waals surface area contributed by atoms with Gasteiger partial charge in [0.2, 0.25) is 11.8 Å². The highest BCUT2D eigenvalue weighted by Crippen LogP contribution is 2.31. The van der Waals surface area contributed by atoms with Gasteiger partial charge in [-0.05, 0) is 37.0 Å². The predicted molar refractivity (Wildman–Crippen MR) is 157 cm³/mol. The van der Waals surface area contributed by atoms with Crippen molar-refractivity contribution in [3.8, 4) is 11.4 Å². The topological polar surface area (TPSA) is 80.6 Å². The number of benzene rings is 2. The van der Waals surface area contributed by atoms with E-state index in [9.17, 15) is 9.59 Å². The average Bonchev–Trinajstić information content (AvgIpc) is 3.65. The highest BCUT2D eigenvalue weighted by atomic mass is 32.2. The molecule has 9 heteroatoms. The van der Waals surface area contributed by atoms with Crippen molar-refractivity contribution >= 4 is 23.6 Å². The normalized spacial score (nSPS) is 17.8. The molecule has 0 bridgehead atoms. The molecule has 1 saturated carbocycles. The van der Waals surface area contributed by atoms with Crippen LogP contribution in [0, 0.1) is 5.92 Å². The maximum absolute atomic E-state index is 13.3. The molecule has 212 valence electrons. The molecule has 8 nitrogen and oxygen atoms in total. The molecule has 1 aliphatic heterocycles. The lowest BCUT2D eigenvalue weighted by Crippen LogP contribution is -2.55. The van der Waals surface area contributed by atoms with Crippen LogP contribution < -0.4 is 4.74 Å². The number of aromatic nitrogens is 3. The Balaban J connectivity index is 1.23. The number of carbonyl (C=O) groups is 2. The Morgan fingerprint density at radius 2 is 1.73 bits per heavy atom. The summed E-state index contributed by atoms with van der Waals surface area (Å²) in [6.45, 7) is 3.78. The van der Waals surface area contributed by atoms with Crippen molar-refractivity contribution in [3.63, 3.8) is 0 Å². The van der Waals surface area contributed by atoms with E-state index in [1.54, 1.807) is 7.11 Å². The summed E-state index contributed by atoms with van der Waals surface area (Å²) in [5, 5.41) is 9.64. The standard InChI is InChI=1S/C31H39N5O3S/c1-23-21-34(18-19-35(23)29(37)17-16-24-10-6-7-11-24)30(38)22-40-31-33-32-28(20-25-12-4-3-5-13-25)36(31)26-14-8-9-15-27(26)39-2/h3-5,8-9,12-15,23-24H,6-7,10-11,16-22H2,1-2H3. The van der Waals surface area contributed by atoms with Crippen molar-refractivity contribution in [3.05, 3.63) is 66.0 Å². The van der Waals surface area contributed by atoms with Gasteiger partial charge in [-0.2, -0.15) is 0 Å².